The number of aromatic nitrogens is 1. The second-order valence-corrected chi connectivity index (χ2v) is 5.80. The van der Waals surface area contributed by atoms with E-state index >= 15 is 0 Å². The second-order valence-electron chi connectivity index (χ2n) is 4.94. The average Bonchev–Trinajstić information content (AvgIpc) is 2.99. The Labute approximate surface area is 132 Å². The molecule has 1 atom stereocenters. The minimum absolute atomic E-state index is 0.125. The fourth-order valence-corrected chi connectivity index (χ4v) is 3.10. The Morgan fingerprint density at radius 3 is 2.86 bits per heavy atom. The Hall–Kier alpha value is -1.65. The first-order valence-electron chi connectivity index (χ1n) is 7.09. The summed E-state index contributed by atoms with van der Waals surface area (Å²) in [5.41, 5.74) is 2.03. The molecule has 2 aromatic heterocycles. The Morgan fingerprint density at radius 1 is 1.24 bits per heavy atom. The molecule has 3 rings (SSSR count). The number of furan rings is 1. The number of nitrogens with one attached hydrogen (secondary N) is 1. The van der Waals surface area contributed by atoms with Crippen LogP contribution in [0.15, 0.2) is 57.6 Å². The summed E-state index contributed by atoms with van der Waals surface area (Å²) in [5, 5.41) is 4.63. The van der Waals surface area contributed by atoms with Gasteiger partial charge in [0.2, 0.25) is 0 Å². The van der Waals surface area contributed by atoms with Crippen molar-refractivity contribution in [3.05, 3.63) is 64.7 Å². The molecule has 2 heterocycles. The number of hydrogen-bond donors (Lipinski definition) is 1. The lowest BCUT2D eigenvalue weighted by Gasteiger charge is -2.18. The van der Waals surface area contributed by atoms with Crippen LogP contribution in [0.25, 0.3) is 10.9 Å². The maximum atomic E-state index is 5.48. The van der Waals surface area contributed by atoms with Crippen LogP contribution >= 0.6 is 15.9 Å². The summed E-state index contributed by atoms with van der Waals surface area (Å²) < 4.78 is 6.50. The van der Waals surface area contributed by atoms with Crippen molar-refractivity contribution >= 4 is 26.8 Å². The van der Waals surface area contributed by atoms with E-state index in [0.29, 0.717) is 0 Å². The number of halogens is 1. The highest BCUT2D eigenvalue weighted by Gasteiger charge is 2.18. The smallest absolute Gasteiger partial charge is 0.105 e. The lowest BCUT2D eigenvalue weighted by atomic mass is 10.1. The van der Waals surface area contributed by atoms with E-state index in [1.165, 1.54) is 0 Å². The van der Waals surface area contributed by atoms with Crippen molar-refractivity contribution in [2.75, 3.05) is 6.54 Å². The maximum Gasteiger partial charge on any atom is 0.105 e. The summed E-state index contributed by atoms with van der Waals surface area (Å²) in [7, 11) is 0. The predicted molar refractivity (Wildman–Crippen MR) is 88.3 cm³/mol. The van der Waals surface area contributed by atoms with E-state index in [2.05, 4.69) is 40.3 Å². The molecule has 0 aliphatic heterocycles. The van der Waals surface area contributed by atoms with Gasteiger partial charge in [0, 0.05) is 16.3 Å². The van der Waals surface area contributed by atoms with E-state index in [-0.39, 0.29) is 6.04 Å². The summed E-state index contributed by atoms with van der Waals surface area (Å²) in [4.78, 5) is 4.82. The molecule has 0 amide bonds. The van der Waals surface area contributed by atoms with Gasteiger partial charge in [-0.1, -0.05) is 25.1 Å². The van der Waals surface area contributed by atoms with Crippen molar-refractivity contribution in [1.29, 1.82) is 0 Å². The minimum Gasteiger partial charge on any atom is -0.469 e. The van der Waals surface area contributed by atoms with E-state index in [4.69, 9.17) is 9.40 Å². The van der Waals surface area contributed by atoms with Gasteiger partial charge in [-0.15, -0.1) is 0 Å². The molecule has 4 heteroatoms. The molecule has 0 bridgehead atoms. The van der Waals surface area contributed by atoms with Crippen LogP contribution in [-0.4, -0.2) is 11.5 Å². The standard InChI is InChI=1S/C17H17BrN2O/c1-2-19-16(11-13-7-5-9-21-13)17-14(18)10-12-6-3-4-8-15(12)20-17/h3-10,16,19H,2,11H2,1H3. The van der Waals surface area contributed by atoms with Crippen molar-refractivity contribution in [2.45, 2.75) is 19.4 Å². The molecule has 1 unspecified atom stereocenters. The lowest BCUT2D eigenvalue weighted by molar-refractivity contribution is 0.449. The summed E-state index contributed by atoms with van der Waals surface area (Å²) >= 11 is 3.66. The largest absolute Gasteiger partial charge is 0.469 e. The highest BCUT2D eigenvalue weighted by molar-refractivity contribution is 9.10. The zero-order chi connectivity index (χ0) is 14.7. The molecule has 0 aliphatic rings. The SMILES string of the molecule is CCNC(Cc1ccco1)c1nc2ccccc2cc1Br. The maximum absolute atomic E-state index is 5.48. The zero-order valence-electron chi connectivity index (χ0n) is 11.8. The van der Waals surface area contributed by atoms with Crippen molar-refractivity contribution in [1.82, 2.24) is 10.3 Å². The molecule has 108 valence electrons. The molecule has 1 N–H and O–H groups in total. The molecule has 0 spiro atoms. The molecule has 0 radical (unpaired) electrons. The first-order chi connectivity index (χ1) is 10.3. The van der Waals surface area contributed by atoms with Crippen LogP contribution in [0.3, 0.4) is 0 Å². The Morgan fingerprint density at radius 2 is 2.10 bits per heavy atom. The van der Waals surface area contributed by atoms with E-state index < -0.39 is 0 Å². The van der Waals surface area contributed by atoms with Gasteiger partial charge in [0.1, 0.15) is 5.76 Å². The third-order valence-corrected chi connectivity index (χ3v) is 4.11. The van der Waals surface area contributed by atoms with Gasteiger partial charge in [0.25, 0.3) is 0 Å². The van der Waals surface area contributed by atoms with Crippen LogP contribution in [0.2, 0.25) is 0 Å². The van der Waals surface area contributed by atoms with Crippen LogP contribution < -0.4 is 5.32 Å². The summed E-state index contributed by atoms with van der Waals surface area (Å²) in [6, 6.07) is 14.3. The molecule has 1 aromatic carbocycles. The normalized spacial score (nSPS) is 12.7. The van der Waals surface area contributed by atoms with Gasteiger partial charge in [0.05, 0.1) is 23.5 Å². The Balaban J connectivity index is 1.99. The first kappa shape index (κ1) is 14.3. The predicted octanol–water partition coefficient (Wildman–Crippen LogP) is 4.48. The van der Waals surface area contributed by atoms with Crippen molar-refractivity contribution in [3.8, 4) is 0 Å². The molecule has 0 aliphatic carbocycles. The monoisotopic (exact) mass is 344 g/mol. The molecular weight excluding hydrogens is 328 g/mol. The molecule has 0 saturated heterocycles. The number of benzene rings is 1. The molecule has 3 aromatic rings. The quantitative estimate of drug-likeness (QED) is 0.741. The zero-order valence-corrected chi connectivity index (χ0v) is 13.4. The second kappa shape index (κ2) is 6.41. The number of hydrogen-bond acceptors (Lipinski definition) is 3. The highest BCUT2D eigenvalue weighted by Crippen LogP contribution is 2.28. The van der Waals surface area contributed by atoms with Crippen molar-refractivity contribution in [2.24, 2.45) is 0 Å². The molecule has 0 fully saturated rings. The van der Waals surface area contributed by atoms with Gasteiger partial charge in [-0.25, -0.2) is 4.98 Å². The van der Waals surface area contributed by atoms with E-state index in [1.807, 2.05) is 30.3 Å². The first-order valence-corrected chi connectivity index (χ1v) is 7.88. The van der Waals surface area contributed by atoms with Crippen LogP contribution in [0.1, 0.15) is 24.4 Å². The Bertz CT molecular complexity index is 725. The van der Waals surface area contributed by atoms with E-state index in [0.717, 1.165) is 39.8 Å². The van der Waals surface area contributed by atoms with Crippen molar-refractivity contribution < 1.29 is 4.42 Å². The fraction of sp³-hybridized carbons (Fsp3) is 0.235. The average molecular weight is 345 g/mol. The van der Waals surface area contributed by atoms with E-state index in [9.17, 15) is 0 Å². The number of para-hydroxylation sites is 1. The molecular formula is C17H17BrN2O. The van der Waals surface area contributed by atoms with Gasteiger partial charge in [-0.2, -0.15) is 0 Å². The van der Waals surface area contributed by atoms with Gasteiger partial charge in [0.15, 0.2) is 0 Å². The van der Waals surface area contributed by atoms with Gasteiger partial charge < -0.3 is 9.73 Å². The highest BCUT2D eigenvalue weighted by atomic mass is 79.9. The summed E-state index contributed by atoms with van der Waals surface area (Å²) in [6.45, 7) is 2.98. The third-order valence-electron chi connectivity index (χ3n) is 3.47. The van der Waals surface area contributed by atoms with Crippen molar-refractivity contribution in [3.63, 3.8) is 0 Å². The molecule has 0 saturated carbocycles. The number of fused-ring (bicyclic) bond motifs is 1. The van der Waals surface area contributed by atoms with Gasteiger partial charge in [-0.3, -0.25) is 0 Å². The minimum atomic E-state index is 0.125. The molecule has 21 heavy (non-hydrogen) atoms. The number of pyridine rings is 1. The van der Waals surface area contributed by atoms with Gasteiger partial charge >= 0.3 is 0 Å². The third kappa shape index (κ3) is 3.17. The Kier molecular flexibility index (Phi) is 4.36. The lowest BCUT2D eigenvalue weighted by Crippen LogP contribution is -2.24. The van der Waals surface area contributed by atoms with Crippen LogP contribution in [0.4, 0.5) is 0 Å². The van der Waals surface area contributed by atoms with Gasteiger partial charge in [-0.05, 0) is 46.7 Å². The number of nitrogens with zero attached hydrogens (tertiary/aromatic N) is 1. The summed E-state index contributed by atoms with van der Waals surface area (Å²) in [6.07, 6.45) is 2.49. The number of rotatable bonds is 5. The topological polar surface area (TPSA) is 38.1 Å². The molecule has 3 nitrogen and oxygen atoms in total. The fourth-order valence-electron chi connectivity index (χ4n) is 2.49. The van der Waals surface area contributed by atoms with Crippen LogP contribution in [-0.2, 0) is 6.42 Å². The number of likely N-dealkylation sites (N-methyl/N-ethyl adjacent to an activating group) is 1. The van der Waals surface area contributed by atoms with Crippen LogP contribution in [0.5, 0.6) is 0 Å². The van der Waals surface area contributed by atoms with E-state index in [1.54, 1.807) is 6.26 Å². The summed E-state index contributed by atoms with van der Waals surface area (Å²) in [5.74, 6) is 0.961. The van der Waals surface area contributed by atoms with Crippen LogP contribution in [0, 0.1) is 0 Å².